The van der Waals surface area contributed by atoms with Crippen molar-refractivity contribution in [2.45, 2.75) is 19.8 Å². The van der Waals surface area contributed by atoms with Crippen molar-refractivity contribution < 1.29 is 4.79 Å². The number of nitrogens with two attached hydrogens (primary N) is 1. The van der Waals surface area contributed by atoms with Gasteiger partial charge in [-0.3, -0.25) is 10.2 Å². The van der Waals surface area contributed by atoms with Gasteiger partial charge in [0.25, 0.3) is 0 Å². The quantitative estimate of drug-likeness (QED) is 0.432. The van der Waals surface area contributed by atoms with Crippen LogP contribution in [0.5, 0.6) is 0 Å². The molecule has 1 rings (SSSR count). The second-order valence-electron chi connectivity index (χ2n) is 3.59. The first-order valence-electron chi connectivity index (χ1n) is 5.57. The molecular formula is C12H19N3O. The molecule has 0 atom stereocenters. The molecule has 0 aromatic heterocycles. The molecule has 3 N–H and O–H groups in total. The van der Waals surface area contributed by atoms with Gasteiger partial charge in [0, 0.05) is 25.2 Å². The van der Waals surface area contributed by atoms with Gasteiger partial charge in [-0.15, -0.1) is 0 Å². The molecular weight excluding hydrogens is 202 g/mol. The van der Waals surface area contributed by atoms with Crippen LogP contribution in [0.25, 0.3) is 0 Å². The van der Waals surface area contributed by atoms with E-state index in [4.69, 9.17) is 5.84 Å². The van der Waals surface area contributed by atoms with Crippen LogP contribution in [-0.2, 0) is 4.79 Å². The molecule has 1 aromatic rings. The number of amides is 1. The average molecular weight is 221 g/mol. The Morgan fingerprint density at radius 2 is 2.06 bits per heavy atom. The second-order valence-corrected chi connectivity index (χ2v) is 3.59. The van der Waals surface area contributed by atoms with E-state index in [9.17, 15) is 4.79 Å². The number of rotatable bonds is 6. The lowest BCUT2D eigenvalue weighted by Crippen LogP contribution is -2.31. The van der Waals surface area contributed by atoms with Crippen LogP contribution < -0.4 is 16.2 Å². The molecule has 0 radical (unpaired) electrons. The van der Waals surface area contributed by atoms with E-state index < -0.39 is 0 Å². The smallest absolute Gasteiger partial charge is 0.233 e. The van der Waals surface area contributed by atoms with E-state index in [1.807, 2.05) is 18.2 Å². The third-order valence-corrected chi connectivity index (χ3v) is 2.50. The average Bonchev–Trinajstić information content (AvgIpc) is 2.35. The number of benzene rings is 1. The highest BCUT2D eigenvalue weighted by molar-refractivity contribution is 5.75. The predicted molar refractivity (Wildman–Crippen MR) is 65.9 cm³/mol. The molecule has 0 saturated heterocycles. The first-order chi connectivity index (χ1) is 7.77. The number of hydrogen-bond acceptors (Lipinski definition) is 3. The number of nitrogens with one attached hydrogen (secondary N) is 1. The number of hydrogen-bond donors (Lipinski definition) is 2. The van der Waals surface area contributed by atoms with Crippen molar-refractivity contribution in [1.82, 2.24) is 5.43 Å². The Balaban J connectivity index is 2.41. The van der Waals surface area contributed by atoms with Crippen LogP contribution in [0, 0.1) is 0 Å². The van der Waals surface area contributed by atoms with E-state index in [0.717, 1.165) is 19.5 Å². The molecule has 0 heterocycles. The zero-order valence-corrected chi connectivity index (χ0v) is 9.65. The third kappa shape index (κ3) is 3.90. The van der Waals surface area contributed by atoms with Crippen molar-refractivity contribution in [3.05, 3.63) is 30.3 Å². The van der Waals surface area contributed by atoms with Gasteiger partial charge in [0.2, 0.25) is 5.91 Å². The van der Waals surface area contributed by atoms with E-state index in [1.165, 1.54) is 5.69 Å². The van der Waals surface area contributed by atoms with Crippen molar-refractivity contribution in [1.29, 1.82) is 0 Å². The Morgan fingerprint density at radius 1 is 1.38 bits per heavy atom. The van der Waals surface area contributed by atoms with Crippen LogP contribution in [0.4, 0.5) is 5.69 Å². The summed E-state index contributed by atoms with van der Waals surface area (Å²) < 4.78 is 0. The van der Waals surface area contributed by atoms with Crippen LogP contribution in [0.15, 0.2) is 30.3 Å². The maximum atomic E-state index is 11.0. The molecule has 0 aliphatic carbocycles. The third-order valence-electron chi connectivity index (χ3n) is 2.50. The van der Waals surface area contributed by atoms with Crippen molar-refractivity contribution in [2.75, 3.05) is 18.0 Å². The van der Waals surface area contributed by atoms with Gasteiger partial charge in [0.1, 0.15) is 0 Å². The normalized spacial score (nSPS) is 9.88. The number of nitrogens with zero attached hydrogens (tertiary/aromatic N) is 1. The summed E-state index contributed by atoms with van der Waals surface area (Å²) in [6, 6.07) is 10.2. The minimum absolute atomic E-state index is 0.107. The molecule has 1 aromatic carbocycles. The fraction of sp³-hybridized carbons (Fsp3) is 0.417. The minimum Gasteiger partial charge on any atom is -0.372 e. The predicted octanol–water partition coefficient (Wildman–Crippen LogP) is 1.28. The zero-order valence-electron chi connectivity index (χ0n) is 9.65. The van der Waals surface area contributed by atoms with Gasteiger partial charge >= 0.3 is 0 Å². The minimum atomic E-state index is -0.107. The highest BCUT2D eigenvalue weighted by atomic mass is 16.2. The molecule has 0 aliphatic rings. The molecule has 1 amide bonds. The van der Waals surface area contributed by atoms with Crippen molar-refractivity contribution in [3.63, 3.8) is 0 Å². The summed E-state index contributed by atoms with van der Waals surface area (Å²) in [7, 11) is 0. The summed E-state index contributed by atoms with van der Waals surface area (Å²) in [6.07, 6.45) is 1.28. The summed E-state index contributed by atoms with van der Waals surface area (Å²) in [5.74, 6) is 4.91. The van der Waals surface area contributed by atoms with Crippen LogP contribution in [0.3, 0.4) is 0 Å². The van der Waals surface area contributed by atoms with Crippen LogP contribution in [-0.4, -0.2) is 19.0 Å². The summed E-state index contributed by atoms with van der Waals surface area (Å²) in [4.78, 5) is 13.2. The van der Waals surface area contributed by atoms with Crippen molar-refractivity contribution in [3.8, 4) is 0 Å². The lowest BCUT2D eigenvalue weighted by molar-refractivity contribution is -0.121. The van der Waals surface area contributed by atoms with Gasteiger partial charge in [-0.25, -0.2) is 5.84 Å². The van der Waals surface area contributed by atoms with Gasteiger partial charge < -0.3 is 4.90 Å². The first-order valence-corrected chi connectivity index (χ1v) is 5.57. The highest BCUT2D eigenvalue weighted by Crippen LogP contribution is 2.13. The number of carbonyl (C=O) groups is 1. The van der Waals surface area contributed by atoms with Crippen LogP contribution in [0.2, 0.25) is 0 Å². The SMILES string of the molecule is CCN(CCCC(=O)NN)c1ccccc1. The van der Waals surface area contributed by atoms with Crippen molar-refractivity contribution >= 4 is 11.6 Å². The molecule has 0 bridgehead atoms. The molecule has 4 nitrogen and oxygen atoms in total. The standard InChI is InChI=1S/C12H19N3O/c1-2-15(10-6-9-12(16)14-13)11-7-4-3-5-8-11/h3-5,7-8H,2,6,9-10,13H2,1H3,(H,14,16). The van der Waals surface area contributed by atoms with E-state index in [2.05, 4.69) is 29.4 Å². The number of para-hydroxylation sites is 1. The largest absolute Gasteiger partial charge is 0.372 e. The van der Waals surface area contributed by atoms with Gasteiger partial charge in [-0.05, 0) is 25.5 Å². The lowest BCUT2D eigenvalue weighted by atomic mass is 10.2. The van der Waals surface area contributed by atoms with Crippen molar-refractivity contribution in [2.24, 2.45) is 5.84 Å². The number of hydrazine groups is 1. The van der Waals surface area contributed by atoms with E-state index in [-0.39, 0.29) is 5.91 Å². The molecule has 0 saturated carbocycles. The Hall–Kier alpha value is -1.55. The number of carbonyl (C=O) groups excluding carboxylic acids is 1. The molecule has 0 spiro atoms. The summed E-state index contributed by atoms with van der Waals surface area (Å²) in [5, 5.41) is 0. The Morgan fingerprint density at radius 3 is 2.62 bits per heavy atom. The lowest BCUT2D eigenvalue weighted by Gasteiger charge is -2.22. The topological polar surface area (TPSA) is 58.4 Å². The molecule has 88 valence electrons. The molecule has 0 unspecified atom stereocenters. The molecule has 0 aliphatic heterocycles. The summed E-state index contributed by atoms with van der Waals surface area (Å²) in [6.45, 7) is 3.91. The van der Waals surface area contributed by atoms with Crippen LogP contribution >= 0.6 is 0 Å². The summed E-state index contributed by atoms with van der Waals surface area (Å²) >= 11 is 0. The molecule has 0 fully saturated rings. The van der Waals surface area contributed by atoms with E-state index in [0.29, 0.717) is 6.42 Å². The molecule has 16 heavy (non-hydrogen) atoms. The number of anilines is 1. The maximum Gasteiger partial charge on any atom is 0.233 e. The highest BCUT2D eigenvalue weighted by Gasteiger charge is 2.04. The first kappa shape index (κ1) is 12.5. The van der Waals surface area contributed by atoms with E-state index in [1.54, 1.807) is 0 Å². The van der Waals surface area contributed by atoms with Gasteiger partial charge in [-0.1, -0.05) is 18.2 Å². The van der Waals surface area contributed by atoms with E-state index >= 15 is 0 Å². The van der Waals surface area contributed by atoms with Crippen LogP contribution in [0.1, 0.15) is 19.8 Å². The van der Waals surface area contributed by atoms with Gasteiger partial charge in [0.15, 0.2) is 0 Å². The van der Waals surface area contributed by atoms with Gasteiger partial charge in [0.05, 0.1) is 0 Å². The second kappa shape index (κ2) is 6.85. The fourth-order valence-electron chi connectivity index (χ4n) is 1.61. The Labute approximate surface area is 96.4 Å². The molecule has 4 heteroatoms. The Bertz CT molecular complexity index is 313. The summed E-state index contributed by atoms with van der Waals surface area (Å²) in [5.41, 5.74) is 3.33. The monoisotopic (exact) mass is 221 g/mol. The Kier molecular flexibility index (Phi) is 5.36. The zero-order chi connectivity index (χ0) is 11.8. The maximum absolute atomic E-state index is 11.0. The van der Waals surface area contributed by atoms with Gasteiger partial charge in [-0.2, -0.15) is 0 Å². The fourth-order valence-corrected chi connectivity index (χ4v) is 1.61.